The number of nitrogens with one attached hydrogen (secondary N) is 2. The molecule has 3 aromatic rings. The number of rotatable bonds is 5. The Bertz CT molecular complexity index is 865. The van der Waals surface area contributed by atoms with Crippen molar-refractivity contribution in [3.8, 4) is 11.3 Å². The maximum atomic E-state index is 4.75. The maximum absolute atomic E-state index is 4.75. The predicted octanol–water partition coefficient (Wildman–Crippen LogP) is 5.08. The highest BCUT2D eigenvalue weighted by Gasteiger charge is 2.22. The van der Waals surface area contributed by atoms with Gasteiger partial charge in [0.1, 0.15) is 5.82 Å². The molecule has 1 fully saturated rings. The second-order valence-electron chi connectivity index (χ2n) is 6.64. The van der Waals surface area contributed by atoms with Gasteiger partial charge in [-0.1, -0.05) is 48.5 Å². The molecule has 1 saturated carbocycles. The third-order valence-corrected chi connectivity index (χ3v) is 4.44. The van der Waals surface area contributed by atoms with Crippen LogP contribution in [-0.2, 0) is 0 Å². The van der Waals surface area contributed by atoms with Gasteiger partial charge in [-0.25, -0.2) is 4.98 Å². The van der Waals surface area contributed by atoms with E-state index >= 15 is 0 Å². The second kappa shape index (κ2) is 6.55. The van der Waals surface area contributed by atoms with Crippen LogP contribution in [0.5, 0.6) is 0 Å². The van der Waals surface area contributed by atoms with Crippen LogP contribution >= 0.6 is 0 Å². The standard InChI is InChI=1S/C21H22N4/c1-14-7-6-8-15(2)20(14)25-21-23-18(16-9-4-3-5-10-16)13-19(24-21)22-17-11-12-17/h3-10,13,17H,11-12H2,1-2H3,(H2,22,23,24,25). The summed E-state index contributed by atoms with van der Waals surface area (Å²) in [6.45, 7) is 4.19. The first-order valence-electron chi connectivity index (χ1n) is 8.73. The van der Waals surface area contributed by atoms with E-state index in [2.05, 4.69) is 59.8 Å². The molecule has 0 aliphatic heterocycles. The van der Waals surface area contributed by atoms with Gasteiger partial charge in [0.25, 0.3) is 0 Å². The average molecular weight is 330 g/mol. The van der Waals surface area contributed by atoms with Crippen molar-refractivity contribution in [2.75, 3.05) is 10.6 Å². The SMILES string of the molecule is Cc1cccc(C)c1Nc1nc(NC2CC2)cc(-c2ccccc2)n1. The molecular formula is C21H22N4. The number of hydrogen-bond donors (Lipinski definition) is 2. The molecule has 2 N–H and O–H groups in total. The fourth-order valence-electron chi connectivity index (χ4n) is 2.89. The van der Waals surface area contributed by atoms with Crippen molar-refractivity contribution in [3.63, 3.8) is 0 Å². The first kappa shape index (κ1) is 15.6. The molecule has 126 valence electrons. The van der Waals surface area contributed by atoms with Crippen LogP contribution in [0.25, 0.3) is 11.3 Å². The fraction of sp³-hybridized carbons (Fsp3) is 0.238. The number of benzene rings is 2. The lowest BCUT2D eigenvalue weighted by Gasteiger charge is -2.14. The molecule has 0 unspecified atom stereocenters. The number of hydrogen-bond acceptors (Lipinski definition) is 4. The van der Waals surface area contributed by atoms with Crippen molar-refractivity contribution < 1.29 is 0 Å². The highest BCUT2D eigenvalue weighted by Crippen LogP contribution is 2.29. The van der Waals surface area contributed by atoms with E-state index in [-0.39, 0.29) is 0 Å². The number of nitrogens with zero attached hydrogens (tertiary/aromatic N) is 2. The zero-order valence-electron chi connectivity index (χ0n) is 14.6. The summed E-state index contributed by atoms with van der Waals surface area (Å²) in [4.78, 5) is 9.43. The van der Waals surface area contributed by atoms with Crippen LogP contribution in [0.3, 0.4) is 0 Å². The Morgan fingerprint density at radius 1 is 0.880 bits per heavy atom. The van der Waals surface area contributed by atoms with E-state index < -0.39 is 0 Å². The molecule has 1 heterocycles. The minimum Gasteiger partial charge on any atom is -0.367 e. The summed E-state index contributed by atoms with van der Waals surface area (Å²) in [7, 11) is 0. The average Bonchev–Trinajstić information content (AvgIpc) is 3.43. The number of aryl methyl sites for hydroxylation is 2. The molecular weight excluding hydrogens is 308 g/mol. The van der Waals surface area contributed by atoms with Gasteiger partial charge in [0.05, 0.1) is 5.69 Å². The Kier molecular flexibility index (Phi) is 4.10. The summed E-state index contributed by atoms with van der Waals surface area (Å²) >= 11 is 0. The number of anilines is 3. The zero-order chi connectivity index (χ0) is 17.2. The topological polar surface area (TPSA) is 49.8 Å². The van der Waals surface area contributed by atoms with Crippen molar-refractivity contribution in [1.82, 2.24) is 9.97 Å². The summed E-state index contributed by atoms with van der Waals surface area (Å²) in [5, 5.41) is 6.91. The van der Waals surface area contributed by atoms with Gasteiger partial charge < -0.3 is 10.6 Å². The number of para-hydroxylation sites is 1. The smallest absolute Gasteiger partial charge is 0.229 e. The molecule has 1 aromatic heterocycles. The molecule has 0 atom stereocenters. The minimum absolute atomic E-state index is 0.548. The van der Waals surface area contributed by atoms with Gasteiger partial charge >= 0.3 is 0 Å². The van der Waals surface area contributed by atoms with Crippen LogP contribution in [0.4, 0.5) is 17.5 Å². The highest BCUT2D eigenvalue weighted by atomic mass is 15.2. The van der Waals surface area contributed by atoms with Gasteiger partial charge in [-0.2, -0.15) is 4.98 Å². The normalized spacial score (nSPS) is 13.5. The Balaban J connectivity index is 1.73. The summed E-state index contributed by atoms with van der Waals surface area (Å²) in [5.74, 6) is 1.51. The predicted molar refractivity (Wildman–Crippen MR) is 103 cm³/mol. The molecule has 0 bridgehead atoms. The summed E-state index contributed by atoms with van der Waals surface area (Å²) < 4.78 is 0. The Hall–Kier alpha value is -2.88. The Morgan fingerprint density at radius 2 is 1.60 bits per heavy atom. The van der Waals surface area contributed by atoms with E-state index in [9.17, 15) is 0 Å². The summed E-state index contributed by atoms with van der Waals surface area (Å²) in [6, 6.07) is 19.1. The quantitative estimate of drug-likeness (QED) is 0.685. The third kappa shape index (κ3) is 3.63. The molecule has 0 amide bonds. The van der Waals surface area contributed by atoms with Crippen molar-refractivity contribution in [1.29, 1.82) is 0 Å². The van der Waals surface area contributed by atoms with Crippen LogP contribution in [0.1, 0.15) is 24.0 Å². The number of aromatic nitrogens is 2. The molecule has 2 aromatic carbocycles. The zero-order valence-corrected chi connectivity index (χ0v) is 14.6. The molecule has 1 aliphatic rings. The van der Waals surface area contributed by atoms with Crippen molar-refractivity contribution >= 4 is 17.5 Å². The lowest BCUT2D eigenvalue weighted by atomic mass is 10.1. The molecule has 4 nitrogen and oxygen atoms in total. The van der Waals surface area contributed by atoms with Gasteiger partial charge in [-0.3, -0.25) is 0 Å². The van der Waals surface area contributed by atoms with Crippen LogP contribution in [0.15, 0.2) is 54.6 Å². The molecule has 0 saturated heterocycles. The molecule has 0 radical (unpaired) electrons. The first-order chi connectivity index (χ1) is 12.2. The molecule has 25 heavy (non-hydrogen) atoms. The maximum Gasteiger partial charge on any atom is 0.229 e. The molecule has 1 aliphatic carbocycles. The van der Waals surface area contributed by atoms with Crippen LogP contribution in [-0.4, -0.2) is 16.0 Å². The molecule has 0 spiro atoms. The van der Waals surface area contributed by atoms with Crippen LogP contribution < -0.4 is 10.6 Å². The van der Waals surface area contributed by atoms with Gasteiger partial charge in [-0.15, -0.1) is 0 Å². The second-order valence-corrected chi connectivity index (χ2v) is 6.64. The summed E-state index contributed by atoms with van der Waals surface area (Å²) in [6.07, 6.45) is 2.43. The Labute approximate surface area is 148 Å². The van der Waals surface area contributed by atoms with Crippen molar-refractivity contribution in [2.45, 2.75) is 32.7 Å². The van der Waals surface area contributed by atoms with Crippen molar-refractivity contribution in [2.24, 2.45) is 0 Å². The monoisotopic (exact) mass is 330 g/mol. The van der Waals surface area contributed by atoms with Gasteiger partial charge in [-0.05, 0) is 37.8 Å². The highest BCUT2D eigenvalue weighted by molar-refractivity contribution is 5.68. The summed E-state index contributed by atoms with van der Waals surface area (Å²) in [5.41, 5.74) is 5.46. The van der Waals surface area contributed by atoms with E-state index in [0.717, 1.165) is 22.8 Å². The van der Waals surface area contributed by atoms with E-state index in [4.69, 9.17) is 4.98 Å². The first-order valence-corrected chi connectivity index (χ1v) is 8.73. The van der Waals surface area contributed by atoms with Crippen molar-refractivity contribution in [3.05, 3.63) is 65.7 Å². The largest absolute Gasteiger partial charge is 0.367 e. The molecule has 4 rings (SSSR count). The Morgan fingerprint density at radius 3 is 2.28 bits per heavy atom. The van der Waals surface area contributed by atoms with E-state index in [1.165, 1.54) is 24.0 Å². The molecule has 4 heteroatoms. The van der Waals surface area contributed by atoms with Gasteiger partial charge in [0.15, 0.2) is 0 Å². The van der Waals surface area contributed by atoms with Gasteiger partial charge in [0, 0.05) is 23.4 Å². The lowest BCUT2D eigenvalue weighted by molar-refractivity contribution is 1.08. The third-order valence-electron chi connectivity index (χ3n) is 4.44. The van der Waals surface area contributed by atoms with Crippen LogP contribution in [0, 0.1) is 13.8 Å². The van der Waals surface area contributed by atoms with E-state index in [1.807, 2.05) is 24.3 Å². The minimum atomic E-state index is 0.548. The van der Waals surface area contributed by atoms with Crippen LogP contribution in [0.2, 0.25) is 0 Å². The van der Waals surface area contributed by atoms with E-state index in [0.29, 0.717) is 12.0 Å². The van der Waals surface area contributed by atoms with Gasteiger partial charge in [0.2, 0.25) is 5.95 Å². The fourth-order valence-corrected chi connectivity index (χ4v) is 2.89. The van der Waals surface area contributed by atoms with E-state index in [1.54, 1.807) is 0 Å². The lowest BCUT2D eigenvalue weighted by Crippen LogP contribution is -2.07.